The number of rotatable bonds is 20. The molecular formula is C24H46O4Yb. The first kappa shape index (κ1) is 34.1. The smallest absolute Gasteiger partial charge is 0.550 e. The Morgan fingerprint density at radius 1 is 0.448 bits per heavy atom. The van der Waals surface area contributed by atoms with Gasteiger partial charge in [0.25, 0.3) is 0 Å². The molecule has 0 aliphatic rings. The molecule has 0 bridgehead atoms. The molecule has 0 spiro atoms. The first-order valence-corrected chi connectivity index (χ1v) is 11.9. The van der Waals surface area contributed by atoms with Crippen molar-refractivity contribution in [1.29, 1.82) is 0 Å². The molecule has 0 aliphatic heterocycles. The zero-order valence-corrected chi connectivity index (χ0v) is 20.8. The van der Waals surface area contributed by atoms with Gasteiger partial charge in [0.2, 0.25) is 0 Å². The molecule has 0 fully saturated rings. The molecule has 0 N–H and O–H groups in total. The van der Waals surface area contributed by atoms with E-state index in [0.717, 1.165) is 25.7 Å². The molecular weight excluding hydrogens is 525 g/mol. The van der Waals surface area contributed by atoms with Crippen molar-refractivity contribution in [2.24, 2.45) is 0 Å². The fourth-order valence-electron chi connectivity index (χ4n) is 3.16. The zero-order valence-electron chi connectivity index (χ0n) is 19.0. The Balaban J connectivity index is -0.000000451. The number of aliphatic carboxylic acids is 2. The average molecular weight is 572 g/mol. The van der Waals surface area contributed by atoms with E-state index in [0.29, 0.717) is 0 Å². The van der Waals surface area contributed by atoms with Crippen molar-refractivity contribution >= 4 is 11.9 Å². The van der Waals surface area contributed by atoms with E-state index in [1.807, 2.05) is 0 Å². The Kier molecular flexibility index (Phi) is 36.0. The molecule has 5 heteroatoms. The molecule has 0 amide bonds. The summed E-state index contributed by atoms with van der Waals surface area (Å²) in [6, 6.07) is 0. The number of carbonyl (C=O) groups is 2. The van der Waals surface area contributed by atoms with Gasteiger partial charge < -0.3 is 19.8 Å². The van der Waals surface area contributed by atoms with Gasteiger partial charge in [0.15, 0.2) is 0 Å². The van der Waals surface area contributed by atoms with Gasteiger partial charge in [-0.15, -0.1) is 0 Å². The predicted octanol–water partition coefficient (Wildman–Crippen LogP) is 5.31. The maximum absolute atomic E-state index is 10.1. The van der Waals surface area contributed by atoms with Gasteiger partial charge >= 0.3 is 46.9 Å². The molecule has 0 rings (SSSR count). The number of hydrogen-bond acceptors (Lipinski definition) is 4. The van der Waals surface area contributed by atoms with Crippen molar-refractivity contribution in [1.82, 2.24) is 0 Å². The second-order valence-corrected chi connectivity index (χ2v) is 7.90. The standard InChI is InChI=1S/2C12H24O2.Yb/c2*1-2-3-4-5-6-7-8-9-10-11-12(13)14;/h2*2-11H2,1H3,(H,13,14);/q;;+2/p-2. The summed E-state index contributed by atoms with van der Waals surface area (Å²) in [6.07, 6.45) is 22.3. The average Bonchev–Trinajstić information content (AvgIpc) is 2.65. The third kappa shape index (κ3) is 39.5. The van der Waals surface area contributed by atoms with Crippen LogP contribution in [0.3, 0.4) is 0 Å². The summed E-state index contributed by atoms with van der Waals surface area (Å²) in [7, 11) is 0. The maximum Gasteiger partial charge on any atom is 2.00 e. The zero-order chi connectivity index (χ0) is 21.3. The van der Waals surface area contributed by atoms with Crippen LogP contribution in [0.5, 0.6) is 0 Å². The van der Waals surface area contributed by atoms with Crippen LogP contribution in [0, 0.1) is 46.9 Å². The molecule has 0 atom stereocenters. The van der Waals surface area contributed by atoms with Crippen LogP contribution in [0.15, 0.2) is 0 Å². The van der Waals surface area contributed by atoms with E-state index in [4.69, 9.17) is 0 Å². The van der Waals surface area contributed by atoms with Gasteiger partial charge in [-0.25, -0.2) is 0 Å². The van der Waals surface area contributed by atoms with Crippen molar-refractivity contribution in [3.63, 3.8) is 0 Å². The summed E-state index contributed by atoms with van der Waals surface area (Å²) in [5.74, 6) is -1.82. The SMILES string of the molecule is CCCCCCCCCCCC(=O)[O-].CCCCCCCCCCCC(=O)[O-].[Yb+2]. The monoisotopic (exact) mass is 572 g/mol. The van der Waals surface area contributed by atoms with Crippen LogP contribution in [0.2, 0.25) is 0 Å². The van der Waals surface area contributed by atoms with Crippen LogP contribution in [-0.4, -0.2) is 11.9 Å². The minimum Gasteiger partial charge on any atom is -0.550 e. The van der Waals surface area contributed by atoms with Crippen LogP contribution >= 0.6 is 0 Å². The second-order valence-electron chi connectivity index (χ2n) is 7.90. The van der Waals surface area contributed by atoms with Crippen molar-refractivity contribution in [3.05, 3.63) is 0 Å². The van der Waals surface area contributed by atoms with Crippen LogP contribution in [0.1, 0.15) is 142 Å². The van der Waals surface area contributed by atoms with Gasteiger partial charge in [0.1, 0.15) is 0 Å². The molecule has 0 saturated carbocycles. The molecule has 0 aromatic carbocycles. The molecule has 29 heavy (non-hydrogen) atoms. The van der Waals surface area contributed by atoms with E-state index in [-0.39, 0.29) is 59.8 Å². The summed E-state index contributed by atoms with van der Waals surface area (Å²) < 4.78 is 0. The molecule has 180 valence electrons. The second kappa shape index (κ2) is 30.7. The molecule has 0 saturated heterocycles. The molecule has 0 aliphatic carbocycles. The summed E-state index contributed by atoms with van der Waals surface area (Å²) in [4.78, 5) is 20.2. The topological polar surface area (TPSA) is 80.3 Å². The van der Waals surface area contributed by atoms with Gasteiger partial charge in [-0.05, 0) is 25.7 Å². The summed E-state index contributed by atoms with van der Waals surface area (Å²) >= 11 is 0. The fraction of sp³-hybridized carbons (Fsp3) is 0.917. The van der Waals surface area contributed by atoms with Gasteiger partial charge in [-0.3, -0.25) is 0 Å². The van der Waals surface area contributed by atoms with Gasteiger partial charge in [0.05, 0.1) is 0 Å². The van der Waals surface area contributed by atoms with Crippen LogP contribution in [-0.2, 0) is 9.59 Å². The quantitative estimate of drug-likeness (QED) is 0.186. The van der Waals surface area contributed by atoms with Crippen molar-refractivity contribution in [3.8, 4) is 0 Å². The van der Waals surface area contributed by atoms with Crippen LogP contribution < -0.4 is 10.2 Å². The van der Waals surface area contributed by atoms with E-state index in [9.17, 15) is 19.8 Å². The van der Waals surface area contributed by atoms with Crippen molar-refractivity contribution in [2.45, 2.75) is 142 Å². The number of carboxylic acids is 2. The Bertz CT molecular complexity index is 303. The minimum absolute atomic E-state index is 0. The van der Waals surface area contributed by atoms with Gasteiger partial charge in [-0.1, -0.05) is 117 Å². The molecule has 0 unspecified atom stereocenters. The first-order chi connectivity index (χ1) is 13.5. The summed E-state index contributed by atoms with van der Waals surface area (Å²) in [5, 5.41) is 20.2. The largest absolute Gasteiger partial charge is 2.00 e. The van der Waals surface area contributed by atoms with Gasteiger partial charge in [-0.2, -0.15) is 0 Å². The third-order valence-corrected chi connectivity index (χ3v) is 4.97. The molecule has 0 heterocycles. The Hall–Kier alpha value is 0.459. The minimum atomic E-state index is -0.909. The molecule has 0 radical (unpaired) electrons. The van der Waals surface area contributed by atoms with Crippen LogP contribution in [0.25, 0.3) is 0 Å². The Morgan fingerprint density at radius 3 is 0.862 bits per heavy atom. The van der Waals surface area contributed by atoms with Crippen molar-refractivity contribution in [2.75, 3.05) is 0 Å². The first-order valence-electron chi connectivity index (χ1n) is 11.9. The number of carboxylic acid groups (broad SMARTS) is 2. The summed E-state index contributed by atoms with van der Waals surface area (Å²) in [6.45, 7) is 4.44. The fourth-order valence-corrected chi connectivity index (χ4v) is 3.16. The third-order valence-electron chi connectivity index (χ3n) is 4.97. The van der Waals surface area contributed by atoms with E-state index in [1.165, 1.54) is 89.9 Å². The number of unbranched alkanes of at least 4 members (excludes halogenated alkanes) is 16. The van der Waals surface area contributed by atoms with E-state index in [1.54, 1.807) is 0 Å². The van der Waals surface area contributed by atoms with Gasteiger partial charge in [0, 0.05) is 11.9 Å². The predicted molar refractivity (Wildman–Crippen MR) is 114 cm³/mol. The summed E-state index contributed by atoms with van der Waals surface area (Å²) in [5.41, 5.74) is 0. The molecule has 0 aromatic heterocycles. The van der Waals surface area contributed by atoms with E-state index < -0.39 is 11.9 Å². The number of carbonyl (C=O) groups excluding carboxylic acids is 2. The van der Waals surface area contributed by atoms with Crippen LogP contribution in [0.4, 0.5) is 0 Å². The molecule has 0 aromatic rings. The maximum atomic E-state index is 10.1. The molecule has 4 nitrogen and oxygen atoms in total. The van der Waals surface area contributed by atoms with Crippen molar-refractivity contribution < 1.29 is 66.7 Å². The number of hydrogen-bond donors (Lipinski definition) is 0. The Morgan fingerprint density at radius 2 is 0.655 bits per heavy atom. The Labute approximate surface area is 219 Å². The normalized spacial score (nSPS) is 10.0. The van der Waals surface area contributed by atoms with E-state index >= 15 is 0 Å². The van der Waals surface area contributed by atoms with E-state index in [2.05, 4.69) is 13.8 Å².